The molecule has 0 bridgehead atoms. The fraction of sp³-hybridized carbons (Fsp3) is 0.150. The molecule has 3 aromatic rings. The second kappa shape index (κ2) is 5.49. The summed E-state index contributed by atoms with van der Waals surface area (Å²) in [6.07, 6.45) is 7.35. The monoisotopic (exact) mass is 336 g/mol. The number of ketones is 1. The first-order valence-electron chi connectivity index (χ1n) is 7.73. The number of carbonyl (C=O) groups excluding carboxylic acids is 1. The van der Waals surface area contributed by atoms with Crippen molar-refractivity contribution in [1.82, 2.24) is 0 Å². The molecule has 0 saturated carbocycles. The summed E-state index contributed by atoms with van der Waals surface area (Å²) in [6, 6.07) is 9.55. The minimum absolute atomic E-state index is 0.144. The number of hydrogen-bond acceptors (Lipinski definition) is 4. The van der Waals surface area contributed by atoms with Gasteiger partial charge in [-0.25, -0.2) is 0 Å². The van der Waals surface area contributed by atoms with Crippen molar-refractivity contribution in [2.45, 2.75) is 19.4 Å². The van der Waals surface area contributed by atoms with Crippen LogP contribution in [-0.2, 0) is 0 Å². The molecule has 0 fully saturated rings. The van der Waals surface area contributed by atoms with Gasteiger partial charge in [-0.15, -0.1) is 11.3 Å². The van der Waals surface area contributed by atoms with Crippen LogP contribution in [0.5, 0.6) is 5.75 Å². The molecule has 1 aromatic carbocycles. The lowest BCUT2D eigenvalue weighted by atomic mass is 10.0. The van der Waals surface area contributed by atoms with Gasteiger partial charge in [0.15, 0.2) is 5.76 Å². The quantitative estimate of drug-likeness (QED) is 0.463. The Morgan fingerprint density at radius 1 is 1.25 bits per heavy atom. The lowest BCUT2D eigenvalue weighted by Gasteiger charge is -2.27. The summed E-state index contributed by atoms with van der Waals surface area (Å²) in [5.41, 5.74) is 1.23. The second-order valence-electron chi connectivity index (χ2n) is 6.26. The summed E-state index contributed by atoms with van der Waals surface area (Å²) in [5, 5.41) is 2.88. The van der Waals surface area contributed by atoms with Crippen LogP contribution in [0.1, 0.15) is 34.8 Å². The van der Waals surface area contributed by atoms with Crippen molar-refractivity contribution in [3.8, 4) is 5.75 Å². The Morgan fingerprint density at radius 2 is 2.12 bits per heavy atom. The van der Waals surface area contributed by atoms with Gasteiger partial charge in [0.1, 0.15) is 16.9 Å². The number of ether oxygens (including phenoxy) is 1. The molecule has 1 aliphatic heterocycles. The number of carbonyl (C=O) groups is 1. The Balaban J connectivity index is 1.70. The molecule has 0 aliphatic carbocycles. The molecule has 0 radical (unpaired) electrons. The third-order valence-electron chi connectivity index (χ3n) is 3.89. The molecule has 4 rings (SSSR count). The predicted molar refractivity (Wildman–Crippen MR) is 97.6 cm³/mol. The highest BCUT2D eigenvalue weighted by molar-refractivity contribution is 7.10. The molecular formula is C20H16O3S. The van der Waals surface area contributed by atoms with E-state index < -0.39 is 0 Å². The molecule has 0 atom stereocenters. The highest BCUT2D eigenvalue weighted by Gasteiger charge is 2.24. The smallest absolute Gasteiger partial charge is 0.221 e. The number of fused-ring (bicyclic) bond motifs is 3. The number of hydrogen-bond donors (Lipinski definition) is 0. The van der Waals surface area contributed by atoms with E-state index in [4.69, 9.17) is 9.15 Å². The maximum atomic E-state index is 12.4. The Hall–Kier alpha value is -2.59. The zero-order valence-corrected chi connectivity index (χ0v) is 14.2. The highest BCUT2D eigenvalue weighted by Crippen LogP contribution is 2.37. The zero-order valence-electron chi connectivity index (χ0n) is 13.4. The highest BCUT2D eigenvalue weighted by atomic mass is 32.1. The van der Waals surface area contributed by atoms with Crippen molar-refractivity contribution in [2.24, 2.45) is 0 Å². The van der Waals surface area contributed by atoms with Gasteiger partial charge in [0.05, 0.1) is 5.56 Å². The van der Waals surface area contributed by atoms with E-state index in [1.165, 1.54) is 0 Å². The van der Waals surface area contributed by atoms with Crippen LogP contribution >= 0.6 is 11.3 Å². The molecule has 120 valence electrons. The van der Waals surface area contributed by atoms with Gasteiger partial charge in [-0.1, -0.05) is 6.07 Å². The largest absolute Gasteiger partial charge is 0.483 e. The molecule has 24 heavy (non-hydrogen) atoms. The van der Waals surface area contributed by atoms with Crippen LogP contribution in [0.25, 0.3) is 23.1 Å². The lowest BCUT2D eigenvalue weighted by Crippen LogP contribution is -2.27. The van der Waals surface area contributed by atoms with Crippen LogP contribution in [0.4, 0.5) is 0 Å². The Labute approximate surface area is 143 Å². The van der Waals surface area contributed by atoms with Gasteiger partial charge in [-0.2, -0.15) is 0 Å². The summed E-state index contributed by atoms with van der Waals surface area (Å²) in [5.74, 6) is 0.969. The van der Waals surface area contributed by atoms with E-state index in [0.717, 1.165) is 21.6 Å². The van der Waals surface area contributed by atoms with E-state index in [2.05, 4.69) is 0 Å². The van der Waals surface area contributed by atoms with Crippen molar-refractivity contribution >= 4 is 40.2 Å². The molecule has 4 heteroatoms. The number of allylic oxidation sites excluding steroid dienone is 1. The average molecular weight is 336 g/mol. The summed E-state index contributed by atoms with van der Waals surface area (Å²) < 4.78 is 11.8. The van der Waals surface area contributed by atoms with E-state index >= 15 is 0 Å². The number of thiophene rings is 1. The molecule has 0 amide bonds. The normalized spacial score (nSPS) is 15.6. The Kier molecular flexibility index (Phi) is 3.43. The first-order valence-corrected chi connectivity index (χ1v) is 8.60. The van der Waals surface area contributed by atoms with Crippen LogP contribution in [-0.4, -0.2) is 11.4 Å². The topological polar surface area (TPSA) is 39.4 Å². The van der Waals surface area contributed by atoms with Gasteiger partial charge in [0, 0.05) is 10.3 Å². The van der Waals surface area contributed by atoms with Crippen molar-refractivity contribution in [2.75, 3.05) is 0 Å². The van der Waals surface area contributed by atoms with Gasteiger partial charge in [-0.3, -0.25) is 4.79 Å². The van der Waals surface area contributed by atoms with Gasteiger partial charge in [0.2, 0.25) is 5.78 Å². The average Bonchev–Trinajstić information content (AvgIpc) is 3.20. The van der Waals surface area contributed by atoms with Crippen LogP contribution in [0, 0.1) is 0 Å². The van der Waals surface area contributed by atoms with E-state index in [9.17, 15) is 4.79 Å². The lowest BCUT2D eigenvalue weighted by molar-refractivity contribution is 0.102. The molecule has 2 aromatic heterocycles. The van der Waals surface area contributed by atoms with Gasteiger partial charge >= 0.3 is 0 Å². The van der Waals surface area contributed by atoms with Gasteiger partial charge in [-0.05, 0) is 67.8 Å². The van der Waals surface area contributed by atoms with Crippen LogP contribution < -0.4 is 4.74 Å². The zero-order chi connectivity index (χ0) is 16.7. The van der Waals surface area contributed by atoms with Gasteiger partial charge in [0.25, 0.3) is 0 Å². The third-order valence-corrected chi connectivity index (χ3v) is 4.73. The first kappa shape index (κ1) is 15.0. The summed E-state index contributed by atoms with van der Waals surface area (Å²) in [6.45, 7) is 4.01. The van der Waals surface area contributed by atoms with E-state index in [0.29, 0.717) is 11.3 Å². The van der Waals surface area contributed by atoms with Crippen molar-refractivity contribution in [3.63, 3.8) is 0 Å². The number of benzene rings is 1. The minimum atomic E-state index is -0.338. The Bertz CT molecular complexity index is 972. The molecule has 0 N–H and O–H groups in total. The standard InChI is InChI=1S/C20H16O3S/c1-20(2)10-9-15-17(23-20)8-5-13-12-18(22-19(13)15)16(21)7-6-14-4-3-11-24-14/h3-12H,1-2H3/b7-6+. The fourth-order valence-electron chi connectivity index (χ4n) is 2.70. The van der Waals surface area contributed by atoms with Crippen molar-refractivity contribution < 1.29 is 13.9 Å². The molecule has 0 spiro atoms. The summed E-state index contributed by atoms with van der Waals surface area (Å²) in [7, 11) is 0. The van der Waals surface area contributed by atoms with Crippen molar-refractivity contribution in [1.29, 1.82) is 0 Å². The summed E-state index contributed by atoms with van der Waals surface area (Å²) >= 11 is 1.59. The van der Waals surface area contributed by atoms with E-state index in [1.54, 1.807) is 29.6 Å². The van der Waals surface area contributed by atoms with Crippen LogP contribution in [0.3, 0.4) is 0 Å². The summed E-state index contributed by atoms with van der Waals surface area (Å²) in [4.78, 5) is 13.4. The molecule has 3 nitrogen and oxygen atoms in total. The minimum Gasteiger partial charge on any atom is -0.483 e. The maximum Gasteiger partial charge on any atom is 0.221 e. The van der Waals surface area contributed by atoms with Gasteiger partial charge < -0.3 is 9.15 Å². The SMILES string of the molecule is CC1(C)C=Cc2c(ccc3cc(C(=O)/C=C/c4cccs4)oc23)O1. The Morgan fingerprint density at radius 3 is 2.92 bits per heavy atom. The first-order chi connectivity index (χ1) is 11.5. The fourth-order valence-corrected chi connectivity index (χ4v) is 3.32. The molecular weight excluding hydrogens is 320 g/mol. The van der Waals surface area contributed by atoms with Crippen LogP contribution in [0.2, 0.25) is 0 Å². The number of rotatable bonds is 3. The van der Waals surface area contributed by atoms with Crippen LogP contribution in [0.15, 0.2) is 52.3 Å². The van der Waals surface area contributed by atoms with Crippen molar-refractivity contribution in [3.05, 3.63) is 64.1 Å². The number of furan rings is 1. The molecule has 0 saturated heterocycles. The maximum absolute atomic E-state index is 12.4. The molecule has 3 heterocycles. The predicted octanol–water partition coefficient (Wildman–Crippen LogP) is 5.57. The third kappa shape index (κ3) is 2.69. The van der Waals surface area contributed by atoms with E-state index in [-0.39, 0.29) is 11.4 Å². The second-order valence-corrected chi connectivity index (χ2v) is 7.24. The molecule has 0 unspecified atom stereocenters. The van der Waals surface area contributed by atoms with E-state index in [1.807, 2.05) is 55.6 Å². The molecule has 1 aliphatic rings.